The number of rotatable bonds is 3. The molecule has 0 aliphatic carbocycles. The Morgan fingerprint density at radius 1 is 1.00 bits per heavy atom. The van der Waals surface area contributed by atoms with Gasteiger partial charge in [0.05, 0.1) is 7.11 Å². The van der Waals surface area contributed by atoms with Crippen LogP contribution in [0.25, 0.3) is 0 Å². The molecule has 0 amide bonds. The number of hydrogen-bond donors (Lipinski definition) is 1. The van der Waals surface area contributed by atoms with E-state index in [9.17, 15) is 27.1 Å². The molecular weight excluding hydrogens is 440 g/mol. The summed E-state index contributed by atoms with van der Waals surface area (Å²) < 4.78 is 71.1. The predicted molar refractivity (Wildman–Crippen MR) is 84.6 cm³/mol. The summed E-state index contributed by atoms with van der Waals surface area (Å²) in [4.78, 5) is 3.28. The Balaban J connectivity index is 0.00000105. The Morgan fingerprint density at radius 2 is 1.46 bits per heavy atom. The second-order valence-electron chi connectivity index (χ2n) is 4.63. The van der Waals surface area contributed by atoms with E-state index in [-0.39, 0.29) is 11.3 Å². The van der Waals surface area contributed by atoms with Crippen LogP contribution in [0.2, 0.25) is 0 Å². The van der Waals surface area contributed by atoms with Crippen LogP contribution in [0.4, 0.5) is 27.6 Å². The third-order valence-electron chi connectivity index (χ3n) is 3.06. The number of aliphatic imine (C=N–C) groups is 1. The first kappa shape index (κ1) is 22.7. The van der Waals surface area contributed by atoms with E-state index < -0.39 is 51.8 Å². The fourth-order valence-corrected chi connectivity index (χ4v) is 1.83. The summed E-state index contributed by atoms with van der Waals surface area (Å²) in [6.07, 6.45) is 0.781. The summed E-state index contributed by atoms with van der Waals surface area (Å²) in [5.74, 6) is -10.5. The number of hydrogen-bond acceptors (Lipinski definition) is 3. The molecule has 0 radical (unpaired) electrons. The molecule has 2 rings (SSSR count). The molecule has 0 aliphatic rings. The number of aromatic hydroxyl groups is 1. The summed E-state index contributed by atoms with van der Waals surface area (Å²) in [6.45, 7) is 1.54. The SMILES string of the molecule is COc1cc(C)c(O)c(C=Nc2c(F)c(F)c(F)c(F)c2F)c1.[Cl][Ti][Cl]. The number of phenolic OH excluding ortho intramolecular Hbond substituents is 1. The van der Waals surface area contributed by atoms with Crippen LogP contribution in [0.5, 0.6) is 11.5 Å². The Hall–Kier alpha value is -1.35. The zero-order valence-electron chi connectivity index (χ0n) is 13.2. The first-order chi connectivity index (χ1) is 12.2. The molecule has 2 aromatic carbocycles. The molecule has 0 unspecified atom stereocenters. The van der Waals surface area contributed by atoms with E-state index in [4.69, 9.17) is 23.3 Å². The maximum atomic E-state index is 13.5. The molecular formula is C15H10Cl2F5NO2Ti. The van der Waals surface area contributed by atoms with Gasteiger partial charge in [0, 0.05) is 11.8 Å². The van der Waals surface area contributed by atoms with Crippen LogP contribution in [0.1, 0.15) is 11.1 Å². The average Bonchev–Trinajstić information content (AvgIpc) is 2.62. The first-order valence-electron chi connectivity index (χ1n) is 6.58. The van der Waals surface area contributed by atoms with Gasteiger partial charge in [-0.2, -0.15) is 0 Å². The zero-order valence-corrected chi connectivity index (χ0v) is 16.3. The van der Waals surface area contributed by atoms with Crippen molar-refractivity contribution in [2.24, 2.45) is 4.99 Å². The number of ether oxygens (including phenoxy) is 1. The molecule has 0 aliphatic heterocycles. The van der Waals surface area contributed by atoms with Gasteiger partial charge >= 0.3 is 35.6 Å². The zero-order chi connectivity index (χ0) is 20.0. The molecule has 3 nitrogen and oxygen atoms in total. The number of halogens is 7. The summed E-state index contributed by atoms with van der Waals surface area (Å²) in [7, 11) is 11.1. The first-order valence-corrected chi connectivity index (χ1v) is 10.9. The van der Waals surface area contributed by atoms with E-state index in [1.807, 2.05) is 0 Å². The van der Waals surface area contributed by atoms with Gasteiger partial charge in [0.25, 0.3) is 0 Å². The Kier molecular flexibility index (Phi) is 8.82. The Labute approximate surface area is 162 Å². The minimum atomic E-state index is -2.26. The Morgan fingerprint density at radius 3 is 1.92 bits per heavy atom. The van der Waals surface area contributed by atoms with Crippen molar-refractivity contribution in [1.29, 1.82) is 0 Å². The molecule has 0 saturated carbocycles. The fourth-order valence-electron chi connectivity index (χ4n) is 1.83. The molecule has 26 heavy (non-hydrogen) atoms. The van der Waals surface area contributed by atoms with E-state index in [2.05, 4.69) is 4.99 Å². The van der Waals surface area contributed by atoms with Gasteiger partial charge in [-0.15, -0.1) is 0 Å². The van der Waals surface area contributed by atoms with Crippen LogP contribution in [0, 0.1) is 36.0 Å². The van der Waals surface area contributed by atoms with E-state index >= 15 is 0 Å². The van der Waals surface area contributed by atoms with Gasteiger partial charge in [-0.25, -0.2) is 26.9 Å². The second-order valence-corrected chi connectivity index (χ2v) is 7.21. The van der Waals surface area contributed by atoms with Gasteiger partial charge in [-0.3, -0.25) is 0 Å². The summed E-state index contributed by atoms with van der Waals surface area (Å²) >= 11 is -0.556. The molecule has 1 N–H and O–H groups in total. The van der Waals surface area contributed by atoms with Crippen LogP contribution in [0.15, 0.2) is 17.1 Å². The number of nitrogens with zero attached hydrogens (tertiary/aromatic N) is 1. The van der Waals surface area contributed by atoms with Gasteiger partial charge in [0.15, 0.2) is 23.3 Å². The molecule has 2 aromatic rings. The predicted octanol–water partition coefficient (Wildman–Crippen LogP) is 5.53. The number of phenols is 1. The number of aryl methyl sites for hydroxylation is 1. The van der Waals surface area contributed by atoms with Crippen LogP contribution in [-0.4, -0.2) is 18.4 Å². The van der Waals surface area contributed by atoms with Gasteiger partial charge in [0.2, 0.25) is 5.82 Å². The summed E-state index contributed by atoms with van der Waals surface area (Å²) in [5, 5.41) is 9.84. The van der Waals surface area contributed by atoms with E-state index in [1.54, 1.807) is 0 Å². The fraction of sp³-hybridized carbons (Fsp3) is 0.133. The van der Waals surface area contributed by atoms with Crippen molar-refractivity contribution in [2.45, 2.75) is 6.92 Å². The van der Waals surface area contributed by atoms with Crippen LogP contribution >= 0.6 is 18.6 Å². The summed E-state index contributed by atoms with van der Waals surface area (Å²) in [5.41, 5.74) is -0.977. The van der Waals surface area contributed by atoms with Crippen molar-refractivity contribution in [3.05, 3.63) is 52.3 Å². The van der Waals surface area contributed by atoms with Crippen molar-refractivity contribution in [3.8, 4) is 11.5 Å². The van der Waals surface area contributed by atoms with Gasteiger partial charge in [-0.1, -0.05) is 0 Å². The van der Waals surface area contributed by atoms with E-state index in [1.165, 1.54) is 26.2 Å². The third kappa shape index (κ3) is 5.10. The van der Waals surface area contributed by atoms with E-state index in [0.717, 1.165) is 6.21 Å². The standard InChI is InChI=1S/C15H10F5NO2.2ClH.Ti/c1-6-3-8(23-2)4-7(15(6)22)5-21-14-12(19)10(17)9(16)11(18)13(14)20;;;/h3-5,22H,1-2H3;2*1H;/q;;;+2/p-2. The second kappa shape index (κ2) is 10.1. The van der Waals surface area contributed by atoms with Gasteiger partial charge in [0.1, 0.15) is 17.2 Å². The summed E-state index contributed by atoms with van der Waals surface area (Å²) in [6, 6.07) is 2.78. The average molecular weight is 450 g/mol. The van der Waals surface area contributed by atoms with Crippen LogP contribution in [-0.2, 0) is 17.0 Å². The van der Waals surface area contributed by atoms with Crippen molar-refractivity contribution in [2.75, 3.05) is 7.11 Å². The van der Waals surface area contributed by atoms with Gasteiger partial charge in [-0.05, 0) is 24.6 Å². The van der Waals surface area contributed by atoms with Gasteiger partial charge < -0.3 is 9.84 Å². The quantitative estimate of drug-likeness (QED) is 0.220. The van der Waals surface area contributed by atoms with Crippen molar-refractivity contribution in [3.63, 3.8) is 0 Å². The Bertz CT molecular complexity index is 807. The molecule has 0 atom stereocenters. The van der Waals surface area contributed by atoms with E-state index in [0.29, 0.717) is 11.3 Å². The van der Waals surface area contributed by atoms with Crippen LogP contribution in [0.3, 0.4) is 0 Å². The molecule has 0 aromatic heterocycles. The minimum absolute atomic E-state index is 0.00853. The molecule has 140 valence electrons. The number of methoxy groups -OCH3 is 1. The number of benzene rings is 2. The van der Waals surface area contributed by atoms with Crippen molar-refractivity contribution < 1.29 is 48.8 Å². The molecule has 11 heteroatoms. The third-order valence-corrected chi connectivity index (χ3v) is 3.06. The normalized spacial score (nSPS) is 10.5. The molecule has 0 saturated heterocycles. The molecule has 0 bridgehead atoms. The molecule has 0 heterocycles. The molecule has 0 fully saturated rings. The van der Waals surface area contributed by atoms with Crippen molar-refractivity contribution in [1.82, 2.24) is 0 Å². The maximum absolute atomic E-state index is 13.5. The van der Waals surface area contributed by atoms with Crippen LogP contribution < -0.4 is 4.74 Å². The monoisotopic (exact) mass is 449 g/mol. The topological polar surface area (TPSA) is 41.8 Å². The van der Waals surface area contributed by atoms with Crippen molar-refractivity contribution >= 4 is 30.5 Å². The molecule has 0 spiro atoms.